The number of hydrogen-bond donors (Lipinski definition) is 0. The molecule has 1 saturated carbocycles. The van der Waals surface area contributed by atoms with Gasteiger partial charge in [-0.2, -0.15) is 0 Å². The van der Waals surface area contributed by atoms with Crippen LogP contribution < -0.4 is 4.74 Å². The van der Waals surface area contributed by atoms with Gasteiger partial charge in [-0.1, -0.05) is 26.0 Å². The molecule has 2 nitrogen and oxygen atoms in total. The molecule has 0 saturated heterocycles. The van der Waals surface area contributed by atoms with E-state index >= 15 is 0 Å². The Bertz CT molecular complexity index is 625. The van der Waals surface area contributed by atoms with Crippen molar-refractivity contribution in [1.29, 1.82) is 0 Å². The van der Waals surface area contributed by atoms with Crippen molar-refractivity contribution in [3.05, 3.63) is 34.9 Å². The number of benzene rings is 1. The summed E-state index contributed by atoms with van der Waals surface area (Å²) in [6, 6.07) is 4.28. The fourth-order valence-corrected chi connectivity index (χ4v) is 4.04. The molecule has 2 aliphatic carbocycles. The van der Waals surface area contributed by atoms with Crippen molar-refractivity contribution >= 4 is 11.9 Å². The van der Waals surface area contributed by atoms with Crippen LogP contribution in [-0.4, -0.2) is 12.9 Å². The summed E-state index contributed by atoms with van der Waals surface area (Å²) in [5.74, 6) is 1.32. The molecular weight excluding hydrogens is 260 g/mol. The molecule has 0 bridgehead atoms. The molecule has 1 atom stereocenters. The average Bonchev–Trinajstić information content (AvgIpc) is 2.44. The lowest BCUT2D eigenvalue weighted by Crippen LogP contribution is -2.48. The summed E-state index contributed by atoms with van der Waals surface area (Å²) in [6.45, 7) is 6.54. The molecule has 3 rings (SSSR count). The van der Waals surface area contributed by atoms with E-state index in [1.807, 2.05) is 0 Å². The summed E-state index contributed by atoms with van der Waals surface area (Å²) in [4.78, 5) is 12.7. The molecule has 0 heterocycles. The van der Waals surface area contributed by atoms with Gasteiger partial charge in [0.2, 0.25) is 0 Å². The fraction of sp³-hybridized carbons (Fsp3) is 0.526. The van der Waals surface area contributed by atoms with E-state index in [1.165, 1.54) is 11.1 Å². The SMILES string of the molecule is COc1cc2c(cc1C)C=C[C@]1(C2)C(=O)CCCC1(C)C. The highest BCUT2D eigenvalue weighted by Crippen LogP contribution is 2.53. The van der Waals surface area contributed by atoms with Gasteiger partial charge in [-0.25, -0.2) is 0 Å². The minimum atomic E-state index is -0.335. The number of ketones is 1. The first kappa shape index (κ1) is 14.4. The van der Waals surface area contributed by atoms with Crippen LogP contribution in [0.25, 0.3) is 6.08 Å². The number of fused-ring (bicyclic) bond motifs is 1. The van der Waals surface area contributed by atoms with Crippen molar-refractivity contribution in [2.75, 3.05) is 7.11 Å². The zero-order chi connectivity index (χ0) is 15.3. The van der Waals surface area contributed by atoms with Gasteiger partial charge >= 0.3 is 0 Å². The van der Waals surface area contributed by atoms with Crippen LogP contribution in [0.4, 0.5) is 0 Å². The standard InChI is InChI=1S/C19H24O2/c1-13-10-14-7-9-19(12-15(14)11-16(13)21-4)17(20)6-5-8-18(19,2)3/h7,9-11H,5-6,8,12H2,1-4H3/t19-/m0/s1. The predicted molar refractivity (Wildman–Crippen MR) is 85.5 cm³/mol. The van der Waals surface area contributed by atoms with E-state index in [1.54, 1.807) is 7.11 Å². The summed E-state index contributed by atoms with van der Waals surface area (Å²) in [7, 11) is 1.71. The normalized spacial score (nSPS) is 26.8. The Labute approximate surface area is 127 Å². The highest BCUT2D eigenvalue weighted by Gasteiger charge is 2.51. The van der Waals surface area contributed by atoms with E-state index in [4.69, 9.17) is 4.74 Å². The molecule has 2 aliphatic rings. The fourth-order valence-electron chi connectivity index (χ4n) is 4.04. The molecule has 0 radical (unpaired) electrons. The summed E-state index contributed by atoms with van der Waals surface area (Å²) in [5, 5.41) is 0. The maximum atomic E-state index is 12.7. The quantitative estimate of drug-likeness (QED) is 0.767. The lowest BCUT2D eigenvalue weighted by atomic mass is 9.53. The van der Waals surface area contributed by atoms with Gasteiger partial charge in [0, 0.05) is 6.42 Å². The Balaban J connectivity index is 2.10. The lowest BCUT2D eigenvalue weighted by molar-refractivity contribution is -0.135. The van der Waals surface area contributed by atoms with Crippen molar-refractivity contribution < 1.29 is 9.53 Å². The van der Waals surface area contributed by atoms with Gasteiger partial charge in [0.15, 0.2) is 0 Å². The van der Waals surface area contributed by atoms with Crippen LogP contribution in [0.2, 0.25) is 0 Å². The highest BCUT2D eigenvalue weighted by molar-refractivity contribution is 5.91. The Morgan fingerprint density at radius 2 is 2.00 bits per heavy atom. The van der Waals surface area contributed by atoms with E-state index in [2.05, 4.69) is 45.1 Å². The number of hydrogen-bond acceptors (Lipinski definition) is 2. The molecular formula is C19H24O2. The maximum absolute atomic E-state index is 12.7. The van der Waals surface area contributed by atoms with Crippen LogP contribution in [0.1, 0.15) is 49.8 Å². The minimum absolute atomic E-state index is 0.0225. The monoisotopic (exact) mass is 284 g/mol. The summed E-state index contributed by atoms with van der Waals surface area (Å²) < 4.78 is 5.46. The van der Waals surface area contributed by atoms with Crippen LogP contribution in [0.5, 0.6) is 5.75 Å². The number of ether oxygens (including phenoxy) is 1. The number of allylic oxidation sites excluding steroid dienone is 1. The number of methoxy groups -OCH3 is 1. The minimum Gasteiger partial charge on any atom is -0.496 e. The van der Waals surface area contributed by atoms with Crippen molar-refractivity contribution in [2.24, 2.45) is 10.8 Å². The predicted octanol–water partition coefficient (Wildman–Crippen LogP) is 4.34. The first-order valence-corrected chi connectivity index (χ1v) is 7.80. The van der Waals surface area contributed by atoms with Gasteiger partial charge < -0.3 is 4.74 Å². The number of aryl methyl sites for hydroxylation is 1. The molecule has 0 unspecified atom stereocenters. The van der Waals surface area contributed by atoms with E-state index in [0.29, 0.717) is 12.2 Å². The Kier molecular flexibility index (Phi) is 3.23. The van der Waals surface area contributed by atoms with Crippen LogP contribution in [0.3, 0.4) is 0 Å². The van der Waals surface area contributed by atoms with Gasteiger partial charge in [-0.3, -0.25) is 4.79 Å². The molecule has 112 valence electrons. The van der Waals surface area contributed by atoms with Crippen LogP contribution >= 0.6 is 0 Å². The molecule has 0 aromatic heterocycles. The lowest BCUT2D eigenvalue weighted by Gasteiger charge is -2.49. The molecule has 0 N–H and O–H groups in total. The van der Waals surface area contributed by atoms with E-state index in [9.17, 15) is 4.79 Å². The van der Waals surface area contributed by atoms with Gasteiger partial charge in [-0.15, -0.1) is 0 Å². The maximum Gasteiger partial charge on any atom is 0.143 e. The van der Waals surface area contributed by atoms with Crippen LogP contribution in [0, 0.1) is 17.8 Å². The third-order valence-corrected chi connectivity index (χ3v) is 5.58. The first-order chi connectivity index (χ1) is 9.89. The van der Waals surface area contributed by atoms with Crippen LogP contribution in [-0.2, 0) is 11.2 Å². The third-order valence-electron chi connectivity index (χ3n) is 5.58. The Hall–Kier alpha value is -1.57. The van der Waals surface area contributed by atoms with Gasteiger partial charge in [0.1, 0.15) is 11.5 Å². The molecule has 0 amide bonds. The molecule has 1 aromatic rings. The zero-order valence-electron chi connectivity index (χ0n) is 13.5. The third kappa shape index (κ3) is 2.04. The van der Waals surface area contributed by atoms with Gasteiger partial charge in [-0.05, 0) is 60.4 Å². The van der Waals surface area contributed by atoms with Crippen LogP contribution in [0.15, 0.2) is 18.2 Å². The van der Waals surface area contributed by atoms with E-state index in [-0.39, 0.29) is 10.8 Å². The topological polar surface area (TPSA) is 26.3 Å². The Morgan fingerprint density at radius 3 is 2.67 bits per heavy atom. The first-order valence-electron chi connectivity index (χ1n) is 7.80. The highest BCUT2D eigenvalue weighted by atomic mass is 16.5. The van der Waals surface area contributed by atoms with Crippen molar-refractivity contribution in [3.8, 4) is 5.75 Å². The second-order valence-corrected chi connectivity index (χ2v) is 7.16. The molecule has 1 fully saturated rings. The molecule has 0 aliphatic heterocycles. The molecule has 21 heavy (non-hydrogen) atoms. The molecule has 2 heteroatoms. The van der Waals surface area contributed by atoms with E-state index in [0.717, 1.165) is 30.6 Å². The van der Waals surface area contributed by atoms with Crippen molar-refractivity contribution in [1.82, 2.24) is 0 Å². The summed E-state index contributed by atoms with van der Waals surface area (Å²) in [6.07, 6.45) is 7.99. The number of rotatable bonds is 1. The summed E-state index contributed by atoms with van der Waals surface area (Å²) in [5.41, 5.74) is 3.30. The second-order valence-electron chi connectivity index (χ2n) is 7.16. The largest absolute Gasteiger partial charge is 0.496 e. The van der Waals surface area contributed by atoms with E-state index < -0.39 is 0 Å². The summed E-state index contributed by atoms with van der Waals surface area (Å²) >= 11 is 0. The van der Waals surface area contributed by atoms with Crippen molar-refractivity contribution in [3.63, 3.8) is 0 Å². The number of carbonyl (C=O) groups excluding carboxylic acids is 1. The second kappa shape index (κ2) is 4.72. The smallest absolute Gasteiger partial charge is 0.143 e. The van der Waals surface area contributed by atoms with Crippen molar-refractivity contribution in [2.45, 2.75) is 46.5 Å². The number of Topliss-reactive ketones (excluding diaryl/α,β-unsaturated/α-hetero) is 1. The van der Waals surface area contributed by atoms with Gasteiger partial charge in [0.25, 0.3) is 0 Å². The number of carbonyl (C=O) groups is 1. The zero-order valence-corrected chi connectivity index (χ0v) is 13.5. The van der Waals surface area contributed by atoms with Gasteiger partial charge in [0.05, 0.1) is 12.5 Å². The Morgan fingerprint density at radius 1 is 1.24 bits per heavy atom. The molecule has 1 spiro atoms. The molecule has 1 aromatic carbocycles. The average molecular weight is 284 g/mol.